The van der Waals surface area contributed by atoms with Crippen molar-refractivity contribution in [3.63, 3.8) is 0 Å². The van der Waals surface area contributed by atoms with Gasteiger partial charge < -0.3 is 14.5 Å². The molecule has 0 spiro atoms. The Labute approximate surface area is 192 Å². The number of aldehydes is 1. The van der Waals surface area contributed by atoms with Crippen molar-refractivity contribution < 1.29 is 14.3 Å². The molecule has 0 bridgehead atoms. The fourth-order valence-corrected chi connectivity index (χ4v) is 4.41. The summed E-state index contributed by atoms with van der Waals surface area (Å²) in [6.07, 6.45) is 1.98. The topological polar surface area (TPSA) is 78.5 Å². The zero-order valence-electron chi connectivity index (χ0n) is 18.4. The molecule has 2 heterocycles. The van der Waals surface area contributed by atoms with E-state index in [9.17, 15) is 9.59 Å². The van der Waals surface area contributed by atoms with Gasteiger partial charge >= 0.3 is 6.09 Å². The number of imidazole rings is 1. The third-order valence-corrected chi connectivity index (χ3v) is 6.21. The lowest BCUT2D eigenvalue weighted by atomic mass is 10.1. The number of ether oxygens (including phenoxy) is 1. The zero-order valence-corrected chi connectivity index (χ0v) is 19.2. The molecular weight excluding hydrogens is 428 g/mol. The van der Waals surface area contributed by atoms with E-state index in [1.165, 1.54) is 12.1 Å². The van der Waals surface area contributed by atoms with Crippen LogP contribution in [-0.2, 0) is 9.53 Å². The molecule has 0 saturated carbocycles. The first kappa shape index (κ1) is 22.3. The van der Waals surface area contributed by atoms with E-state index in [2.05, 4.69) is 11.1 Å². The van der Waals surface area contributed by atoms with E-state index in [1.54, 1.807) is 0 Å². The van der Waals surface area contributed by atoms with Gasteiger partial charge in [0.1, 0.15) is 18.2 Å². The number of amides is 1. The lowest BCUT2D eigenvalue weighted by Gasteiger charge is -2.39. The summed E-state index contributed by atoms with van der Waals surface area (Å²) in [6, 6.07) is 13.0. The van der Waals surface area contributed by atoms with Crippen LogP contribution >= 0.6 is 11.6 Å². The maximum Gasteiger partial charge on any atom is 0.424 e. The van der Waals surface area contributed by atoms with Gasteiger partial charge in [-0.3, -0.25) is 0 Å². The highest BCUT2D eigenvalue weighted by atomic mass is 35.5. The molecule has 0 aliphatic carbocycles. The zero-order chi connectivity index (χ0) is 22.8. The quantitative estimate of drug-likeness (QED) is 0.516. The van der Waals surface area contributed by atoms with Crippen molar-refractivity contribution in [2.24, 2.45) is 5.92 Å². The van der Waals surface area contributed by atoms with Gasteiger partial charge in [0.2, 0.25) is 0 Å². The summed E-state index contributed by atoms with van der Waals surface area (Å²) in [4.78, 5) is 32.7. The van der Waals surface area contributed by atoms with Crippen molar-refractivity contribution in [3.05, 3.63) is 53.3 Å². The average Bonchev–Trinajstić information content (AvgIpc) is 3.43. The van der Waals surface area contributed by atoms with Crippen molar-refractivity contribution in [2.75, 3.05) is 13.7 Å². The Morgan fingerprint density at radius 3 is 2.62 bits per heavy atom. The molecule has 1 saturated heterocycles. The number of fused-ring (bicyclic) bond motifs is 1. The molecule has 3 aromatic rings. The highest BCUT2D eigenvalue weighted by Crippen LogP contribution is 2.35. The fourth-order valence-electron chi connectivity index (χ4n) is 4.28. The van der Waals surface area contributed by atoms with Crippen molar-refractivity contribution in [2.45, 2.75) is 38.8 Å². The minimum Gasteiger partial charge on any atom is -0.452 e. The van der Waals surface area contributed by atoms with E-state index >= 15 is 0 Å². The predicted molar refractivity (Wildman–Crippen MR) is 124 cm³/mol. The number of halogens is 1. The van der Waals surface area contributed by atoms with E-state index < -0.39 is 12.1 Å². The fraction of sp³-hybridized carbons (Fsp3) is 0.375. The summed E-state index contributed by atoms with van der Waals surface area (Å²) in [5.41, 5.74) is 3.90. The van der Waals surface area contributed by atoms with Gasteiger partial charge in [-0.15, -0.1) is 0 Å². The molecular formula is C24H27ClN4O3. The number of methoxy groups -OCH3 is 1. The second-order valence-corrected chi connectivity index (χ2v) is 8.80. The largest absolute Gasteiger partial charge is 0.452 e. The molecule has 1 aliphatic heterocycles. The van der Waals surface area contributed by atoms with Crippen molar-refractivity contribution in [1.82, 2.24) is 20.0 Å². The van der Waals surface area contributed by atoms with Gasteiger partial charge in [0.25, 0.3) is 0 Å². The number of benzene rings is 2. The van der Waals surface area contributed by atoms with Crippen LogP contribution in [0.2, 0.25) is 5.02 Å². The Balaban J connectivity index is 1.68. The maximum atomic E-state index is 12.6. The lowest BCUT2D eigenvalue weighted by molar-refractivity contribution is -0.124. The van der Waals surface area contributed by atoms with Crippen LogP contribution in [0.15, 0.2) is 42.5 Å². The summed E-state index contributed by atoms with van der Waals surface area (Å²) in [5, 5.41) is 4.08. The van der Waals surface area contributed by atoms with E-state index in [0.29, 0.717) is 11.6 Å². The van der Waals surface area contributed by atoms with Gasteiger partial charge in [0.15, 0.2) is 0 Å². The number of aromatic amines is 1. The number of hydrazine groups is 1. The van der Waals surface area contributed by atoms with Crippen LogP contribution < -0.4 is 0 Å². The second-order valence-electron chi connectivity index (χ2n) is 8.37. The number of hydrogen-bond donors (Lipinski definition) is 1. The Hall–Kier alpha value is -2.90. The molecule has 0 radical (unpaired) electrons. The van der Waals surface area contributed by atoms with Crippen LogP contribution in [0.3, 0.4) is 0 Å². The molecule has 1 N–H and O–H groups in total. The standard InChI is InChI=1S/C24H27ClN4O3/c1-15(2)22(14-30)29(24(31)32-3)28-12-4-5-21(28)23-26-19-11-8-17(13-20(19)27-23)16-6-9-18(25)10-7-16/h6-11,13-15,21-22H,4-5,12H2,1-3H3,(H,26,27)/t21-,22+/m0/s1. The number of carbonyl (C=O) groups is 2. The van der Waals surface area contributed by atoms with Gasteiger partial charge in [0.05, 0.1) is 24.2 Å². The van der Waals surface area contributed by atoms with Gasteiger partial charge in [-0.05, 0) is 54.2 Å². The predicted octanol–water partition coefficient (Wildman–Crippen LogP) is 5.23. The van der Waals surface area contributed by atoms with Crippen LogP contribution in [0.5, 0.6) is 0 Å². The third-order valence-electron chi connectivity index (χ3n) is 5.96. The maximum absolute atomic E-state index is 12.6. The summed E-state index contributed by atoms with van der Waals surface area (Å²) in [6.45, 7) is 4.48. The summed E-state index contributed by atoms with van der Waals surface area (Å²) in [5.74, 6) is 0.721. The van der Waals surface area contributed by atoms with Gasteiger partial charge in [-0.2, -0.15) is 0 Å². The molecule has 1 aromatic heterocycles. The minimum absolute atomic E-state index is 0.0505. The van der Waals surface area contributed by atoms with Crippen LogP contribution in [0.25, 0.3) is 22.2 Å². The van der Waals surface area contributed by atoms with Gasteiger partial charge in [-0.1, -0.05) is 43.6 Å². The molecule has 4 rings (SSSR count). The molecule has 32 heavy (non-hydrogen) atoms. The van der Waals surface area contributed by atoms with Crippen molar-refractivity contribution in [1.29, 1.82) is 0 Å². The van der Waals surface area contributed by atoms with Crippen LogP contribution in [0, 0.1) is 5.92 Å². The molecule has 2 atom stereocenters. The molecule has 1 aliphatic rings. The first-order valence-corrected chi connectivity index (χ1v) is 11.2. The van der Waals surface area contributed by atoms with Gasteiger partial charge in [-0.25, -0.2) is 19.8 Å². The molecule has 8 heteroatoms. The van der Waals surface area contributed by atoms with Crippen LogP contribution in [0.4, 0.5) is 4.79 Å². The summed E-state index contributed by atoms with van der Waals surface area (Å²) in [7, 11) is 1.34. The Morgan fingerprint density at radius 1 is 1.25 bits per heavy atom. The third kappa shape index (κ3) is 4.23. The molecule has 168 valence electrons. The van der Waals surface area contributed by atoms with Crippen molar-refractivity contribution >= 4 is 35.0 Å². The Morgan fingerprint density at radius 2 is 1.97 bits per heavy atom. The number of carbonyl (C=O) groups excluding carboxylic acids is 2. The normalized spacial score (nSPS) is 17.6. The Bertz CT molecular complexity index is 1110. The highest BCUT2D eigenvalue weighted by molar-refractivity contribution is 6.30. The number of hydrogen-bond acceptors (Lipinski definition) is 5. The van der Waals surface area contributed by atoms with Crippen molar-refractivity contribution in [3.8, 4) is 11.1 Å². The lowest BCUT2D eigenvalue weighted by Crippen LogP contribution is -2.54. The SMILES string of the molecule is COC(=O)N([C@H](C=O)C(C)C)N1CCC[C@H]1c1nc2ccc(-c3ccc(Cl)cc3)cc2[nH]1. The van der Waals surface area contributed by atoms with E-state index in [-0.39, 0.29) is 12.0 Å². The molecule has 7 nitrogen and oxygen atoms in total. The first-order chi connectivity index (χ1) is 15.4. The van der Waals surface area contributed by atoms with E-state index in [0.717, 1.165) is 47.1 Å². The number of nitrogens with zero attached hydrogens (tertiary/aromatic N) is 3. The van der Waals surface area contributed by atoms with Gasteiger partial charge in [0, 0.05) is 11.6 Å². The Kier molecular flexibility index (Phi) is 6.48. The molecule has 1 amide bonds. The molecule has 2 aromatic carbocycles. The van der Waals surface area contributed by atoms with Crippen LogP contribution in [-0.4, -0.2) is 52.1 Å². The average molecular weight is 455 g/mol. The number of H-pyrrole nitrogens is 1. The van der Waals surface area contributed by atoms with E-state index in [4.69, 9.17) is 21.3 Å². The number of aromatic nitrogens is 2. The smallest absolute Gasteiger partial charge is 0.424 e. The molecule has 1 fully saturated rings. The van der Waals surface area contributed by atoms with E-state index in [1.807, 2.05) is 55.3 Å². The summed E-state index contributed by atoms with van der Waals surface area (Å²) < 4.78 is 5.02. The second kappa shape index (κ2) is 9.30. The number of rotatable bonds is 6. The minimum atomic E-state index is -0.607. The number of nitrogens with one attached hydrogen (secondary N) is 1. The first-order valence-electron chi connectivity index (χ1n) is 10.8. The van der Waals surface area contributed by atoms with Crippen LogP contribution in [0.1, 0.15) is 38.6 Å². The highest BCUT2D eigenvalue weighted by Gasteiger charge is 2.40. The molecule has 0 unspecified atom stereocenters. The monoisotopic (exact) mass is 454 g/mol. The summed E-state index contributed by atoms with van der Waals surface area (Å²) >= 11 is 6.01.